The van der Waals surface area contributed by atoms with Crippen molar-refractivity contribution in [2.45, 2.75) is 16.7 Å². The van der Waals surface area contributed by atoms with Crippen molar-refractivity contribution in [3.05, 3.63) is 113 Å². The fourth-order valence-electron chi connectivity index (χ4n) is 3.60. The molecule has 0 unspecified atom stereocenters. The molecule has 8 nitrogen and oxygen atoms in total. The van der Waals surface area contributed by atoms with E-state index in [2.05, 4.69) is 10.0 Å². The second-order valence-corrected chi connectivity index (χ2v) is 12.4. The molecule has 11 heteroatoms. The van der Waals surface area contributed by atoms with Crippen molar-refractivity contribution in [3.63, 3.8) is 0 Å². The Labute approximate surface area is 227 Å². The number of nitrogens with one attached hydrogen (secondary N) is 2. The Morgan fingerprint density at radius 1 is 0.763 bits per heavy atom. The molecule has 0 bridgehead atoms. The summed E-state index contributed by atoms with van der Waals surface area (Å²) >= 11 is 6.05. The van der Waals surface area contributed by atoms with Crippen LogP contribution in [-0.4, -0.2) is 29.8 Å². The smallest absolute Gasteiger partial charge is 0.264 e. The molecule has 0 fully saturated rings. The summed E-state index contributed by atoms with van der Waals surface area (Å²) in [5.41, 5.74) is 1.81. The molecule has 1 amide bonds. The number of amides is 1. The number of rotatable bonds is 8. The summed E-state index contributed by atoms with van der Waals surface area (Å²) in [5, 5.41) is 2.95. The molecule has 0 aliphatic heterocycles. The van der Waals surface area contributed by atoms with E-state index in [0.717, 1.165) is 9.87 Å². The van der Waals surface area contributed by atoms with Crippen LogP contribution >= 0.6 is 11.6 Å². The van der Waals surface area contributed by atoms with Crippen molar-refractivity contribution in [1.82, 2.24) is 0 Å². The molecule has 38 heavy (non-hydrogen) atoms. The highest BCUT2D eigenvalue weighted by molar-refractivity contribution is 7.93. The van der Waals surface area contributed by atoms with E-state index in [9.17, 15) is 21.6 Å². The van der Waals surface area contributed by atoms with E-state index in [0.29, 0.717) is 5.69 Å². The lowest BCUT2D eigenvalue weighted by Gasteiger charge is -2.22. The first-order valence-corrected chi connectivity index (χ1v) is 14.6. The van der Waals surface area contributed by atoms with Gasteiger partial charge in [0.2, 0.25) is 0 Å². The molecule has 0 aromatic heterocycles. The van der Waals surface area contributed by atoms with Crippen LogP contribution in [0.3, 0.4) is 0 Å². The normalized spacial score (nSPS) is 11.6. The van der Waals surface area contributed by atoms with Gasteiger partial charge in [-0.15, -0.1) is 0 Å². The zero-order valence-electron chi connectivity index (χ0n) is 20.4. The number of benzene rings is 4. The highest BCUT2D eigenvalue weighted by atomic mass is 35.5. The Balaban J connectivity index is 1.54. The standard InChI is InChI=1S/C27H24ClN3O5S2/c1-19-11-15-22(16-12-19)38(35,36)31(2)26-10-6-3-7-23(26)27(32)29-20-13-17-21(18-14-20)37(33,34)30-25-9-5-4-8-24(25)28/h3-18,30H,1-2H3,(H,29,32). The van der Waals surface area contributed by atoms with Gasteiger partial charge in [0.25, 0.3) is 26.0 Å². The van der Waals surface area contributed by atoms with Gasteiger partial charge >= 0.3 is 0 Å². The number of aryl methyl sites for hydroxylation is 1. The molecule has 2 N–H and O–H groups in total. The summed E-state index contributed by atoms with van der Waals surface area (Å²) in [6.45, 7) is 1.86. The van der Waals surface area contributed by atoms with Crippen molar-refractivity contribution >= 4 is 54.6 Å². The lowest BCUT2D eigenvalue weighted by molar-refractivity contribution is 0.102. The Morgan fingerprint density at radius 3 is 2.00 bits per heavy atom. The van der Waals surface area contributed by atoms with E-state index >= 15 is 0 Å². The third-order valence-corrected chi connectivity index (χ3v) is 9.20. The van der Waals surface area contributed by atoms with Gasteiger partial charge in [0.05, 0.1) is 31.8 Å². The van der Waals surface area contributed by atoms with Crippen LogP contribution in [0.1, 0.15) is 15.9 Å². The summed E-state index contributed by atoms with van der Waals surface area (Å²) < 4.78 is 55.3. The summed E-state index contributed by atoms with van der Waals surface area (Å²) in [6.07, 6.45) is 0. The second-order valence-electron chi connectivity index (χ2n) is 8.37. The summed E-state index contributed by atoms with van der Waals surface area (Å²) in [6, 6.07) is 24.8. The monoisotopic (exact) mass is 569 g/mol. The molecule has 0 saturated carbocycles. The van der Waals surface area contributed by atoms with Crippen LogP contribution in [0.25, 0.3) is 0 Å². The number of carbonyl (C=O) groups excluding carboxylic acids is 1. The lowest BCUT2D eigenvalue weighted by Crippen LogP contribution is -2.29. The molecule has 196 valence electrons. The van der Waals surface area contributed by atoms with Crippen molar-refractivity contribution in [1.29, 1.82) is 0 Å². The minimum Gasteiger partial charge on any atom is -0.322 e. The van der Waals surface area contributed by atoms with Gasteiger partial charge in [-0.2, -0.15) is 0 Å². The second kappa shape index (κ2) is 10.9. The first kappa shape index (κ1) is 27.2. The Morgan fingerprint density at radius 2 is 1.34 bits per heavy atom. The van der Waals surface area contributed by atoms with Gasteiger partial charge < -0.3 is 5.32 Å². The van der Waals surface area contributed by atoms with E-state index in [1.54, 1.807) is 48.5 Å². The average Bonchev–Trinajstić information content (AvgIpc) is 2.90. The minimum atomic E-state index is -3.92. The topological polar surface area (TPSA) is 113 Å². The van der Waals surface area contributed by atoms with Crippen molar-refractivity contribution < 1.29 is 21.6 Å². The molecule has 0 heterocycles. The number of carbonyl (C=O) groups is 1. The Hall–Kier alpha value is -3.86. The van der Waals surface area contributed by atoms with Crippen molar-refractivity contribution in [2.24, 2.45) is 0 Å². The maximum Gasteiger partial charge on any atom is 0.264 e. The van der Waals surface area contributed by atoms with E-state index in [1.807, 2.05) is 6.92 Å². The molecular formula is C27H24ClN3O5S2. The Bertz CT molecular complexity index is 1690. The SMILES string of the molecule is Cc1ccc(S(=O)(=O)N(C)c2ccccc2C(=O)Nc2ccc(S(=O)(=O)Nc3ccccc3Cl)cc2)cc1. The number of sulfonamides is 2. The van der Waals surface area contributed by atoms with Crippen LogP contribution in [0.2, 0.25) is 5.02 Å². The third-order valence-electron chi connectivity index (χ3n) is 5.71. The molecule has 0 spiro atoms. The highest BCUT2D eigenvalue weighted by Crippen LogP contribution is 2.28. The predicted octanol–water partition coefficient (Wildman–Crippen LogP) is 5.53. The molecular weight excluding hydrogens is 546 g/mol. The molecule has 4 rings (SSSR count). The fourth-order valence-corrected chi connectivity index (χ4v) is 6.13. The Kier molecular flexibility index (Phi) is 7.77. The minimum absolute atomic E-state index is 0.0280. The maximum absolute atomic E-state index is 13.2. The molecule has 4 aromatic carbocycles. The van der Waals surface area contributed by atoms with Gasteiger partial charge in [-0.1, -0.05) is 53.6 Å². The molecule has 0 aliphatic carbocycles. The highest BCUT2D eigenvalue weighted by Gasteiger charge is 2.25. The van der Waals surface area contributed by atoms with Crippen LogP contribution in [0, 0.1) is 6.92 Å². The first-order chi connectivity index (χ1) is 18.0. The van der Waals surface area contributed by atoms with E-state index in [-0.39, 0.29) is 31.8 Å². The predicted molar refractivity (Wildman–Crippen MR) is 150 cm³/mol. The first-order valence-electron chi connectivity index (χ1n) is 11.3. The van der Waals surface area contributed by atoms with Gasteiger partial charge in [-0.05, 0) is 67.6 Å². The number of anilines is 3. The van der Waals surface area contributed by atoms with Crippen molar-refractivity contribution in [2.75, 3.05) is 21.4 Å². The van der Waals surface area contributed by atoms with Gasteiger partial charge in [0.1, 0.15) is 0 Å². The molecule has 0 saturated heterocycles. The van der Waals surface area contributed by atoms with Crippen LogP contribution < -0.4 is 14.3 Å². The van der Waals surface area contributed by atoms with E-state index in [1.165, 1.54) is 55.6 Å². The fraction of sp³-hybridized carbons (Fsp3) is 0.0741. The number of para-hydroxylation sites is 2. The molecule has 0 aliphatic rings. The summed E-state index contributed by atoms with van der Waals surface area (Å²) in [4.78, 5) is 13.2. The molecule has 0 radical (unpaired) electrons. The number of hydrogen-bond acceptors (Lipinski definition) is 5. The van der Waals surface area contributed by atoms with E-state index in [4.69, 9.17) is 11.6 Å². The quantitative estimate of drug-likeness (QED) is 0.290. The number of halogens is 1. The van der Waals surface area contributed by atoms with E-state index < -0.39 is 26.0 Å². The summed E-state index contributed by atoms with van der Waals surface area (Å²) in [7, 11) is -6.45. The zero-order valence-corrected chi connectivity index (χ0v) is 22.8. The summed E-state index contributed by atoms with van der Waals surface area (Å²) in [5.74, 6) is -0.559. The van der Waals surface area contributed by atoms with Crippen LogP contribution in [0.5, 0.6) is 0 Å². The van der Waals surface area contributed by atoms with Crippen LogP contribution in [-0.2, 0) is 20.0 Å². The molecule has 4 aromatic rings. The number of hydrogen-bond donors (Lipinski definition) is 2. The molecule has 0 atom stereocenters. The van der Waals surface area contributed by atoms with Crippen molar-refractivity contribution in [3.8, 4) is 0 Å². The zero-order chi connectivity index (χ0) is 27.5. The average molecular weight is 570 g/mol. The third kappa shape index (κ3) is 5.83. The largest absolute Gasteiger partial charge is 0.322 e. The maximum atomic E-state index is 13.2. The van der Waals surface area contributed by atoms with Gasteiger partial charge in [-0.3, -0.25) is 13.8 Å². The van der Waals surface area contributed by atoms with Gasteiger partial charge in [0.15, 0.2) is 0 Å². The van der Waals surface area contributed by atoms with Crippen LogP contribution in [0.15, 0.2) is 107 Å². The van der Waals surface area contributed by atoms with Gasteiger partial charge in [0, 0.05) is 12.7 Å². The lowest BCUT2D eigenvalue weighted by atomic mass is 10.1. The van der Waals surface area contributed by atoms with Gasteiger partial charge in [-0.25, -0.2) is 16.8 Å². The number of nitrogens with zero attached hydrogens (tertiary/aromatic N) is 1. The van der Waals surface area contributed by atoms with Crippen LogP contribution in [0.4, 0.5) is 17.1 Å².